The van der Waals surface area contributed by atoms with Crippen LogP contribution in [0.3, 0.4) is 0 Å². The highest BCUT2D eigenvalue weighted by atomic mass is 16.6. The predicted octanol–water partition coefficient (Wildman–Crippen LogP) is 2.44. The van der Waals surface area contributed by atoms with Crippen molar-refractivity contribution in [1.29, 1.82) is 0 Å². The molecule has 2 rings (SSSR count). The first-order chi connectivity index (χ1) is 10.2. The first-order valence-electron chi connectivity index (χ1n) is 7.58. The third kappa shape index (κ3) is 3.40. The first-order valence-corrected chi connectivity index (χ1v) is 7.58. The maximum absolute atomic E-state index is 12.1. The van der Waals surface area contributed by atoms with Gasteiger partial charge in [0.05, 0.1) is 5.41 Å². The van der Waals surface area contributed by atoms with Crippen LogP contribution in [0.15, 0.2) is 30.3 Å². The summed E-state index contributed by atoms with van der Waals surface area (Å²) < 4.78 is 5.38. The van der Waals surface area contributed by atoms with Crippen molar-refractivity contribution in [3.63, 3.8) is 0 Å². The second kappa shape index (κ2) is 5.99. The molecule has 120 valence electrons. The normalized spacial score (nSPS) is 17.9. The molecule has 0 aromatic heterocycles. The van der Waals surface area contributed by atoms with Crippen LogP contribution in [0.2, 0.25) is 0 Å². The summed E-state index contributed by atoms with van der Waals surface area (Å²) in [5.74, 6) is -0.331. The van der Waals surface area contributed by atoms with Gasteiger partial charge in [-0.1, -0.05) is 30.3 Å². The Morgan fingerprint density at radius 3 is 2.14 bits per heavy atom. The van der Waals surface area contributed by atoms with Gasteiger partial charge in [0.1, 0.15) is 5.60 Å². The summed E-state index contributed by atoms with van der Waals surface area (Å²) in [5.41, 5.74) is 5.39. The zero-order chi connectivity index (χ0) is 16.4. The van der Waals surface area contributed by atoms with E-state index in [9.17, 15) is 9.59 Å². The number of likely N-dealkylation sites (tertiary alicyclic amines) is 1. The van der Waals surface area contributed by atoms with Crippen molar-refractivity contribution >= 4 is 12.0 Å². The van der Waals surface area contributed by atoms with E-state index in [1.807, 2.05) is 51.1 Å². The van der Waals surface area contributed by atoms with E-state index in [0.29, 0.717) is 25.9 Å². The number of carbonyl (C=O) groups excluding carboxylic acids is 2. The smallest absolute Gasteiger partial charge is 0.410 e. The number of ether oxygens (including phenoxy) is 1. The van der Waals surface area contributed by atoms with Crippen molar-refractivity contribution in [1.82, 2.24) is 4.90 Å². The van der Waals surface area contributed by atoms with Gasteiger partial charge in [-0.2, -0.15) is 0 Å². The number of rotatable bonds is 2. The highest BCUT2D eigenvalue weighted by Crippen LogP contribution is 2.35. The van der Waals surface area contributed by atoms with Crippen LogP contribution >= 0.6 is 0 Å². The monoisotopic (exact) mass is 304 g/mol. The topological polar surface area (TPSA) is 72.6 Å². The summed E-state index contributed by atoms with van der Waals surface area (Å²) >= 11 is 0. The second-order valence-corrected chi connectivity index (χ2v) is 6.78. The number of primary amides is 1. The summed E-state index contributed by atoms with van der Waals surface area (Å²) in [6.07, 6.45) is 0.704. The maximum atomic E-state index is 12.1. The standard InChI is InChI=1S/C17H24N2O3/c1-16(2,3)22-15(21)19-11-9-17(10-12-19,14(18)20)13-7-5-4-6-8-13/h4-8H,9-12H2,1-3H3,(H2,18,20). The predicted molar refractivity (Wildman–Crippen MR) is 84.4 cm³/mol. The number of benzene rings is 1. The fraction of sp³-hybridized carbons (Fsp3) is 0.529. The van der Waals surface area contributed by atoms with Gasteiger partial charge in [0.25, 0.3) is 0 Å². The van der Waals surface area contributed by atoms with E-state index in [0.717, 1.165) is 5.56 Å². The zero-order valence-corrected chi connectivity index (χ0v) is 13.5. The molecule has 0 spiro atoms. The zero-order valence-electron chi connectivity index (χ0n) is 13.5. The Labute approximate surface area is 131 Å². The highest BCUT2D eigenvalue weighted by molar-refractivity contribution is 5.87. The molecular formula is C17H24N2O3. The van der Waals surface area contributed by atoms with Crippen LogP contribution in [0.25, 0.3) is 0 Å². The molecular weight excluding hydrogens is 280 g/mol. The Kier molecular flexibility index (Phi) is 4.44. The molecule has 1 fully saturated rings. The van der Waals surface area contributed by atoms with Crippen LogP contribution in [-0.4, -0.2) is 35.6 Å². The lowest BCUT2D eigenvalue weighted by molar-refractivity contribution is -0.125. The fourth-order valence-electron chi connectivity index (χ4n) is 2.83. The molecule has 1 aromatic carbocycles. The van der Waals surface area contributed by atoms with Crippen LogP contribution in [0.4, 0.5) is 4.79 Å². The molecule has 0 aliphatic carbocycles. The van der Waals surface area contributed by atoms with Crippen molar-refractivity contribution in [2.24, 2.45) is 5.73 Å². The lowest BCUT2D eigenvalue weighted by Gasteiger charge is -2.40. The van der Waals surface area contributed by atoms with Gasteiger partial charge in [-0.15, -0.1) is 0 Å². The van der Waals surface area contributed by atoms with Crippen LogP contribution in [0, 0.1) is 0 Å². The van der Waals surface area contributed by atoms with E-state index in [4.69, 9.17) is 10.5 Å². The Bertz CT molecular complexity index is 541. The maximum Gasteiger partial charge on any atom is 0.410 e. The van der Waals surface area contributed by atoms with Gasteiger partial charge < -0.3 is 15.4 Å². The summed E-state index contributed by atoms with van der Waals surface area (Å²) in [6, 6.07) is 9.57. The van der Waals surface area contributed by atoms with Crippen LogP contribution in [0.5, 0.6) is 0 Å². The van der Waals surface area contributed by atoms with Gasteiger partial charge in [-0.3, -0.25) is 4.79 Å². The van der Waals surface area contributed by atoms with Gasteiger partial charge in [0.2, 0.25) is 5.91 Å². The van der Waals surface area contributed by atoms with Gasteiger partial charge in [0.15, 0.2) is 0 Å². The molecule has 1 aliphatic rings. The van der Waals surface area contributed by atoms with Gasteiger partial charge in [-0.05, 0) is 39.2 Å². The number of nitrogens with zero attached hydrogens (tertiary/aromatic N) is 1. The van der Waals surface area contributed by atoms with Crippen LogP contribution in [0.1, 0.15) is 39.2 Å². The SMILES string of the molecule is CC(C)(C)OC(=O)N1CCC(C(N)=O)(c2ccccc2)CC1. The molecule has 5 nitrogen and oxygen atoms in total. The molecule has 0 unspecified atom stereocenters. The van der Waals surface area contributed by atoms with Gasteiger partial charge in [-0.25, -0.2) is 4.79 Å². The summed E-state index contributed by atoms with van der Waals surface area (Å²) in [4.78, 5) is 25.8. The molecule has 22 heavy (non-hydrogen) atoms. The highest BCUT2D eigenvalue weighted by Gasteiger charge is 2.42. The lowest BCUT2D eigenvalue weighted by Crippen LogP contribution is -2.52. The van der Waals surface area contributed by atoms with Crippen LogP contribution < -0.4 is 5.73 Å². The average Bonchev–Trinajstić information content (AvgIpc) is 2.46. The summed E-state index contributed by atoms with van der Waals surface area (Å²) in [5, 5.41) is 0. The van der Waals surface area contributed by atoms with E-state index in [1.54, 1.807) is 4.90 Å². The third-order valence-electron chi connectivity index (χ3n) is 4.07. The number of hydrogen-bond donors (Lipinski definition) is 1. The molecule has 0 saturated carbocycles. The van der Waals surface area contributed by atoms with Crippen molar-refractivity contribution in [2.75, 3.05) is 13.1 Å². The third-order valence-corrected chi connectivity index (χ3v) is 4.07. The molecule has 5 heteroatoms. The molecule has 1 aromatic rings. The number of piperidine rings is 1. The molecule has 2 N–H and O–H groups in total. The molecule has 0 radical (unpaired) electrons. The van der Waals surface area contributed by atoms with Crippen LogP contribution in [-0.2, 0) is 14.9 Å². The van der Waals surface area contributed by atoms with E-state index >= 15 is 0 Å². The first kappa shape index (κ1) is 16.3. The molecule has 2 amide bonds. The Balaban J connectivity index is 2.11. The molecule has 1 aliphatic heterocycles. The van der Waals surface area contributed by atoms with Crippen molar-refractivity contribution < 1.29 is 14.3 Å². The van der Waals surface area contributed by atoms with E-state index in [-0.39, 0.29) is 12.0 Å². The van der Waals surface area contributed by atoms with Crippen molar-refractivity contribution in [3.8, 4) is 0 Å². The number of carbonyl (C=O) groups is 2. The Hall–Kier alpha value is -2.04. The molecule has 1 saturated heterocycles. The van der Waals surface area contributed by atoms with Crippen molar-refractivity contribution in [2.45, 2.75) is 44.6 Å². The minimum atomic E-state index is -0.695. The summed E-state index contributed by atoms with van der Waals surface area (Å²) in [7, 11) is 0. The minimum absolute atomic E-state index is 0.331. The molecule has 1 heterocycles. The van der Waals surface area contributed by atoms with E-state index in [2.05, 4.69) is 0 Å². The average molecular weight is 304 g/mol. The van der Waals surface area contributed by atoms with Crippen molar-refractivity contribution in [3.05, 3.63) is 35.9 Å². The number of hydrogen-bond acceptors (Lipinski definition) is 3. The fourth-order valence-corrected chi connectivity index (χ4v) is 2.83. The molecule has 0 atom stereocenters. The quantitative estimate of drug-likeness (QED) is 0.912. The molecule has 0 bridgehead atoms. The second-order valence-electron chi connectivity index (χ2n) is 6.78. The Morgan fingerprint density at radius 1 is 1.14 bits per heavy atom. The number of nitrogens with two attached hydrogens (primary N) is 1. The number of amides is 2. The van der Waals surface area contributed by atoms with E-state index < -0.39 is 11.0 Å². The largest absolute Gasteiger partial charge is 0.444 e. The lowest BCUT2D eigenvalue weighted by atomic mass is 9.72. The van der Waals surface area contributed by atoms with E-state index in [1.165, 1.54) is 0 Å². The Morgan fingerprint density at radius 2 is 1.68 bits per heavy atom. The summed E-state index contributed by atoms with van der Waals surface area (Å²) in [6.45, 7) is 6.45. The minimum Gasteiger partial charge on any atom is -0.444 e. The van der Waals surface area contributed by atoms with Gasteiger partial charge >= 0.3 is 6.09 Å². The van der Waals surface area contributed by atoms with Gasteiger partial charge in [0, 0.05) is 13.1 Å².